The van der Waals surface area contributed by atoms with Crippen LogP contribution < -0.4 is 38.9 Å². The lowest BCUT2D eigenvalue weighted by molar-refractivity contribution is -0.142. The minimum atomic E-state index is -1.41. The van der Waals surface area contributed by atoms with Crippen LogP contribution in [0.1, 0.15) is 51.5 Å². The number of nitrogens with one attached hydrogen (secondary N) is 4. The molecule has 0 radical (unpaired) electrons. The molecule has 15 heteroatoms. The van der Waals surface area contributed by atoms with E-state index in [0.717, 1.165) is 10.9 Å². The highest BCUT2D eigenvalue weighted by atomic mass is 16.4. The number of aliphatic imine (C=N–C) groups is 1. The van der Waals surface area contributed by atoms with Crippen molar-refractivity contribution in [1.82, 2.24) is 20.9 Å². The molecule has 2 aromatic rings. The van der Waals surface area contributed by atoms with E-state index in [1.54, 1.807) is 13.1 Å². The van der Waals surface area contributed by atoms with Crippen molar-refractivity contribution < 1.29 is 29.1 Å². The van der Waals surface area contributed by atoms with Crippen LogP contribution in [0, 0.1) is 5.92 Å². The number of aliphatic carboxylic acids is 1. The minimum absolute atomic E-state index is 0.00915. The molecule has 0 bridgehead atoms. The van der Waals surface area contributed by atoms with Gasteiger partial charge in [0.25, 0.3) is 0 Å². The fourth-order valence-electron chi connectivity index (χ4n) is 4.42. The van der Waals surface area contributed by atoms with Crippen LogP contribution in [-0.2, 0) is 30.4 Å². The van der Waals surface area contributed by atoms with Crippen molar-refractivity contribution in [2.75, 3.05) is 6.54 Å². The summed E-state index contributed by atoms with van der Waals surface area (Å²) in [6.45, 7) is 3.91. The fraction of sp³-hybridized carbons (Fsp3) is 0.500. The quantitative estimate of drug-likeness (QED) is 0.0571. The average molecular weight is 602 g/mol. The van der Waals surface area contributed by atoms with E-state index >= 15 is 0 Å². The van der Waals surface area contributed by atoms with Crippen LogP contribution in [0.25, 0.3) is 10.9 Å². The molecule has 5 unspecified atom stereocenters. The van der Waals surface area contributed by atoms with Crippen molar-refractivity contribution in [3.63, 3.8) is 0 Å². The maximum atomic E-state index is 13.6. The van der Waals surface area contributed by atoms with Crippen molar-refractivity contribution in [2.24, 2.45) is 33.8 Å². The van der Waals surface area contributed by atoms with Crippen molar-refractivity contribution in [2.45, 2.75) is 76.5 Å². The Hall–Kier alpha value is -4.66. The number of carboxylic acid groups (broad SMARTS) is 1. The van der Waals surface area contributed by atoms with Gasteiger partial charge in [-0.2, -0.15) is 0 Å². The first-order chi connectivity index (χ1) is 20.3. The molecule has 4 amide bonds. The molecule has 0 spiro atoms. The van der Waals surface area contributed by atoms with Gasteiger partial charge in [-0.05, 0) is 36.8 Å². The van der Waals surface area contributed by atoms with E-state index in [-0.39, 0.29) is 37.6 Å². The number of carbonyl (C=O) groups is 5. The molecule has 13 N–H and O–H groups in total. The van der Waals surface area contributed by atoms with Gasteiger partial charge in [0.15, 0.2) is 5.96 Å². The summed E-state index contributed by atoms with van der Waals surface area (Å²) >= 11 is 0. The molecule has 5 atom stereocenters. The van der Waals surface area contributed by atoms with Crippen LogP contribution in [-0.4, -0.2) is 76.4 Å². The topological polar surface area (TPSA) is 274 Å². The number of benzene rings is 1. The van der Waals surface area contributed by atoms with Gasteiger partial charge in [0.1, 0.15) is 18.1 Å². The molecular formula is C28H43N9O6. The minimum Gasteiger partial charge on any atom is -0.480 e. The SMILES string of the molecule is CCC(C)C(NC(=O)C(N)CCCN=C(N)N)C(=O)NC(Cc1c[nH]c2ccccc12)C(=O)NC(CCC(N)=O)C(=O)O. The highest BCUT2D eigenvalue weighted by Crippen LogP contribution is 2.20. The molecule has 236 valence electrons. The molecule has 0 saturated heterocycles. The Bertz CT molecular complexity index is 1310. The first-order valence-electron chi connectivity index (χ1n) is 14.1. The van der Waals surface area contributed by atoms with Crippen LogP contribution in [0.15, 0.2) is 35.5 Å². The second-order valence-corrected chi connectivity index (χ2v) is 10.5. The third kappa shape index (κ3) is 10.9. The summed E-state index contributed by atoms with van der Waals surface area (Å²) in [5, 5.41) is 18.2. The Kier molecular flexibility index (Phi) is 13.4. The number of carbonyl (C=O) groups excluding carboxylic acids is 4. The number of nitrogens with two attached hydrogens (primary N) is 4. The summed E-state index contributed by atoms with van der Waals surface area (Å²) in [7, 11) is 0. The number of aromatic nitrogens is 1. The Labute approximate surface area is 249 Å². The molecule has 0 aliphatic heterocycles. The lowest BCUT2D eigenvalue weighted by atomic mass is 9.96. The number of H-pyrrole nitrogens is 1. The number of guanidine groups is 1. The second-order valence-electron chi connectivity index (χ2n) is 10.5. The van der Waals surface area contributed by atoms with Crippen LogP contribution in [0.4, 0.5) is 0 Å². The van der Waals surface area contributed by atoms with Gasteiger partial charge < -0.3 is 49.0 Å². The van der Waals surface area contributed by atoms with Crippen LogP contribution >= 0.6 is 0 Å². The number of primary amides is 1. The first kappa shape index (κ1) is 34.5. The summed E-state index contributed by atoms with van der Waals surface area (Å²) < 4.78 is 0. The summed E-state index contributed by atoms with van der Waals surface area (Å²) in [5.74, 6) is -4.45. The van der Waals surface area contributed by atoms with Gasteiger partial charge in [-0.15, -0.1) is 0 Å². The molecule has 0 aliphatic carbocycles. The maximum absolute atomic E-state index is 13.6. The zero-order chi connectivity index (χ0) is 32.1. The summed E-state index contributed by atoms with van der Waals surface area (Å²) in [4.78, 5) is 69.9. The Balaban J connectivity index is 2.27. The largest absolute Gasteiger partial charge is 0.480 e. The smallest absolute Gasteiger partial charge is 0.326 e. The van der Waals surface area contributed by atoms with Crippen molar-refractivity contribution in [3.05, 3.63) is 36.0 Å². The predicted molar refractivity (Wildman–Crippen MR) is 161 cm³/mol. The van der Waals surface area contributed by atoms with E-state index in [4.69, 9.17) is 22.9 Å². The molecular weight excluding hydrogens is 558 g/mol. The van der Waals surface area contributed by atoms with Gasteiger partial charge in [-0.1, -0.05) is 38.5 Å². The van der Waals surface area contributed by atoms with E-state index < -0.39 is 53.8 Å². The molecule has 0 saturated carbocycles. The zero-order valence-corrected chi connectivity index (χ0v) is 24.5. The number of hydrogen-bond acceptors (Lipinski definition) is 7. The van der Waals surface area contributed by atoms with E-state index in [0.29, 0.717) is 24.9 Å². The van der Waals surface area contributed by atoms with Crippen LogP contribution in [0.5, 0.6) is 0 Å². The Morgan fingerprint density at radius 3 is 2.26 bits per heavy atom. The van der Waals surface area contributed by atoms with Gasteiger partial charge in [0.05, 0.1) is 6.04 Å². The monoisotopic (exact) mass is 601 g/mol. The molecule has 1 aromatic carbocycles. The van der Waals surface area contributed by atoms with Gasteiger partial charge in [-0.3, -0.25) is 24.2 Å². The van der Waals surface area contributed by atoms with E-state index in [1.807, 2.05) is 31.2 Å². The third-order valence-corrected chi connectivity index (χ3v) is 7.12. The van der Waals surface area contributed by atoms with Gasteiger partial charge >= 0.3 is 5.97 Å². The molecule has 0 fully saturated rings. The van der Waals surface area contributed by atoms with Crippen molar-refractivity contribution >= 4 is 46.5 Å². The van der Waals surface area contributed by atoms with E-state index in [2.05, 4.69) is 25.9 Å². The Morgan fingerprint density at radius 2 is 1.63 bits per heavy atom. The zero-order valence-electron chi connectivity index (χ0n) is 24.5. The maximum Gasteiger partial charge on any atom is 0.326 e. The number of nitrogens with zero attached hydrogens (tertiary/aromatic N) is 1. The lowest BCUT2D eigenvalue weighted by Crippen LogP contribution is -2.59. The average Bonchev–Trinajstić information content (AvgIpc) is 3.37. The highest BCUT2D eigenvalue weighted by molar-refractivity contribution is 5.95. The number of para-hydroxylation sites is 1. The molecule has 1 heterocycles. The first-order valence-corrected chi connectivity index (χ1v) is 14.1. The summed E-state index contributed by atoms with van der Waals surface area (Å²) in [6.07, 6.45) is 2.46. The Morgan fingerprint density at radius 1 is 0.953 bits per heavy atom. The molecule has 15 nitrogen and oxygen atoms in total. The number of carboxylic acids is 1. The van der Waals surface area contributed by atoms with Gasteiger partial charge in [0.2, 0.25) is 23.6 Å². The predicted octanol–water partition coefficient (Wildman–Crippen LogP) is -1.06. The lowest BCUT2D eigenvalue weighted by Gasteiger charge is -2.28. The number of rotatable bonds is 18. The van der Waals surface area contributed by atoms with Crippen molar-refractivity contribution in [3.8, 4) is 0 Å². The molecule has 43 heavy (non-hydrogen) atoms. The molecule has 2 rings (SSSR count). The number of aromatic amines is 1. The van der Waals surface area contributed by atoms with Crippen molar-refractivity contribution in [1.29, 1.82) is 0 Å². The normalized spacial score (nSPS) is 14.5. The third-order valence-electron chi connectivity index (χ3n) is 7.12. The van der Waals surface area contributed by atoms with E-state index in [9.17, 15) is 29.1 Å². The van der Waals surface area contributed by atoms with Crippen LogP contribution in [0.3, 0.4) is 0 Å². The summed E-state index contributed by atoms with van der Waals surface area (Å²) in [6, 6.07) is 2.77. The number of fused-ring (bicyclic) bond motifs is 1. The second kappa shape index (κ2) is 16.7. The standard InChI is InChI=1S/C28H43N9O6/c1-3-15(2)23(37-24(39)18(29)8-6-12-33-28(31)32)26(41)36-21(13-16-14-34-19-9-5-4-7-17(16)19)25(40)35-20(27(42)43)10-11-22(30)38/h4-5,7,9,14-15,18,20-21,23,34H,3,6,8,10-13,29H2,1-2H3,(H2,30,38)(H,35,40)(H,36,41)(H,37,39)(H,42,43)(H4,31,32,33). The van der Waals surface area contributed by atoms with Gasteiger partial charge in [0, 0.05) is 36.5 Å². The van der Waals surface area contributed by atoms with Crippen LogP contribution in [0.2, 0.25) is 0 Å². The fourth-order valence-corrected chi connectivity index (χ4v) is 4.42. The highest BCUT2D eigenvalue weighted by Gasteiger charge is 2.33. The number of hydrogen-bond donors (Lipinski definition) is 9. The summed E-state index contributed by atoms with van der Waals surface area (Å²) in [5.41, 5.74) is 23.3. The van der Waals surface area contributed by atoms with Gasteiger partial charge in [-0.25, -0.2) is 4.79 Å². The molecule has 0 aliphatic rings. The molecule has 1 aromatic heterocycles. The number of amides is 4. The van der Waals surface area contributed by atoms with E-state index in [1.165, 1.54) is 0 Å².